The van der Waals surface area contributed by atoms with Crippen molar-refractivity contribution in [3.63, 3.8) is 0 Å². The summed E-state index contributed by atoms with van der Waals surface area (Å²) in [6.07, 6.45) is 0.914. The van der Waals surface area contributed by atoms with E-state index in [9.17, 15) is 18.0 Å². The van der Waals surface area contributed by atoms with Crippen LogP contribution in [0.1, 0.15) is 36.4 Å². The lowest BCUT2D eigenvalue weighted by atomic mass is 9.93. The average Bonchev–Trinajstić information content (AvgIpc) is 3.00. The summed E-state index contributed by atoms with van der Waals surface area (Å²) in [5.41, 5.74) is -0.664. The van der Waals surface area contributed by atoms with Gasteiger partial charge < -0.3 is 4.90 Å². The molecule has 2 fully saturated rings. The number of rotatable bonds is 3. The van der Waals surface area contributed by atoms with Gasteiger partial charge in [-0.25, -0.2) is 9.67 Å². The van der Waals surface area contributed by atoms with E-state index in [1.807, 2.05) is 0 Å². The van der Waals surface area contributed by atoms with Crippen LogP contribution in [0.25, 0.3) is 0 Å². The lowest BCUT2D eigenvalue weighted by Crippen LogP contribution is -2.38. The molecule has 0 radical (unpaired) electrons. The molecule has 1 unspecified atom stereocenters. The third-order valence-corrected chi connectivity index (χ3v) is 5.19. The van der Waals surface area contributed by atoms with Crippen LogP contribution in [-0.2, 0) is 16.4 Å². The third-order valence-electron chi connectivity index (χ3n) is 5.19. The van der Waals surface area contributed by atoms with Gasteiger partial charge in [0.05, 0.1) is 17.0 Å². The lowest BCUT2D eigenvalue weighted by molar-refractivity contribution is -0.137. The van der Waals surface area contributed by atoms with Crippen molar-refractivity contribution in [1.29, 1.82) is 0 Å². The van der Waals surface area contributed by atoms with Crippen molar-refractivity contribution in [2.24, 2.45) is 0 Å². The Hall–Kier alpha value is -2.38. The van der Waals surface area contributed by atoms with E-state index in [-0.39, 0.29) is 11.9 Å². The van der Waals surface area contributed by atoms with Gasteiger partial charge in [0.2, 0.25) is 5.91 Å². The molecule has 1 aromatic heterocycles. The molecule has 1 saturated heterocycles. The second-order valence-electron chi connectivity index (χ2n) is 6.73. The maximum atomic E-state index is 13.0. The third kappa shape index (κ3) is 2.79. The molecule has 8 heteroatoms. The number of carbonyl (C=O) groups excluding carboxylic acids is 1. The van der Waals surface area contributed by atoms with Gasteiger partial charge in [-0.05, 0) is 37.0 Å². The number of halogens is 3. The van der Waals surface area contributed by atoms with Crippen molar-refractivity contribution in [2.45, 2.75) is 36.9 Å². The normalized spacial score (nSPS) is 22.2. The number of alkyl halides is 3. The molecule has 0 spiro atoms. The van der Waals surface area contributed by atoms with E-state index in [2.05, 4.69) is 10.1 Å². The van der Waals surface area contributed by atoms with E-state index in [1.165, 1.54) is 18.5 Å². The molecule has 0 N–H and O–H groups in total. The van der Waals surface area contributed by atoms with Crippen LogP contribution in [0.5, 0.6) is 0 Å². The van der Waals surface area contributed by atoms with Crippen LogP contribution in [0, 0.1) is 0 Å². The van der Waals surface area contributed by atoms with Crippen LogP contribution >= 0.6 is 0 Å². The van der Waals surface area contributed by atoms with E-state index in [0.29, 0.717) is 31.5 Å². The summed E-state index contributed by atoms with van der Waals surface area (Å²) in [5.74, 6) is 0.00914. The topological polar surface area (TPSA) is 51.0 Å². The first-order chi connectivity index (χ1) is 11.9. The number of benzene rings is 1. The van der Waals surface area contributed by atoms with Crippen molar-refractivity contribution >= 4 is 5.91 Å². The fourth-order valence-corrected chi connectivity index (χ4v) is 3.58. The van der Waals surface area contributed by atoms with Crippen molar-refractivity contribution in [1.82, 2.24) is 19.7 Å². The first-order valence-electron chi connectivity index (χ1n) is 8.21. The van der Waals surface area contributed by atoms with E-state index in [0.717, 1.165) is 18.6 Å². The molecule has 1 aliphatic carbocycles. The Balaban J connectivity index is 1.50. The molecule has 2 aromatic rings. The first kappa shape index (κ1) is 16.1. The highest BCUT2D eigenvalue weighted by Crippen LogP contribution is 2.50. The molecule has 1 aromatic carbocycles. The van der Waals surface area contributed by atoms with Crippen molar-refractivity contribution in [2.75, 3.05) is 13.1 Å². The van der Waals surface area contributed by atoms with E-state index < -0.39 is 17.2 Å². The van der Waals surface area contributed by atoms with E-state index in [4.69, 9.17) is 0 Å². The van der Waals surface area contributed by atoms with Crippen LogP contribution in [0.15, 0.2) is 36.9 Å². The van der Waals surface area contributed by atoms with Gasteiger partial charge in [-0.1, -0.05) is 12.1 Å². The molecule has 1 saturated carbocycles. The molecule has 25 heavy (non-hydrogen) atoms. The number of aromatic nitrogens is 3. The van der Waals surface area contributed by atoms with E-state index >= 15 is 0 Å². The zero-order valence-electron chi connectivity index (χ0n) is 13.4. The Kier molecular flexibility index (Phi) is 3.59. The Labute approximate surface area is 142 Å². The molecule has 0 bridgehead atoms. The molecule has 1 aliphatic heterocycles. The van der Waals surface area contributed by atoms with Crippen molar-refractivity contribution in [3.05, 3.63) is 48.0 Å². The highest BCUT2D eigenvalue weighted by atomic mass is 19.4. The Morgan fingerprint density at radius 1 is 1.20 bits per heavy atom. The maximum absolute atomic E-state index is 13.0. The molecule has 5 nitrogen and oxygen atoms in total. The van der Waals surface area contributed by atoms with Crippen LogP contribution in [0.3, 0.4) is 0 Å². The van der Waals surface area contributed by atoms with Crippen LogP contribution in [0.2, 0.25) is 0 Å². The summed E-state index contributed by atoms with van der Waals surface area (Å²) in [4.78, 5) is 18.7. The highest BCUT2D eigenvalue weighted by molar-refractivity contribution is 5.91. The number of amides is 1. The van der Waals surface area contributed by atoms with Gasteiger partial charge in [-0.15, -0.1) is 0 Å². The fraction of sp³-hybridized carbons (Fsp3) is 0.471. The number of carbonyl (C=O) groups is 1. The van der Waals surface area contributed by atoms with Crippen LogP contribution in [0.4, 0.5) is 13.2 Å². The number of likely N-dealkylation sites (tertiary alicyclic amines) is 1. The largest absolute Gasteiger partial charge is 0.416 e. The number of hydrogen-bond donors (Lipinski definition) is 0. The predicted molar refractivity (Wildman–Crippen MR) is 82.6 cm³/mol. The zero-order chi connectivity index (χ0) is 17.7. The molecular weight excluding hydrogens is 333 g/mol. The summed E-state index contributed by atoms with van der Waals surface area (Å²) >= 11 is 0. The monoisotopic (exact) mass is 350 g/mol. The molecule has 2 heterocycles. The van der Waals surface area contributed by atoms with Crippen LogP contribution in [-0.4, -0.2) is 38.7 Å². The standard InChI is InChI=1S/C17H17F3N4O/c18-17(19,20)13-3-1-12(2-4-13)16(6-7-16)15(25)23-8-5-14(9-23)24-11-21-10-22-24/h1-4,10-11,14H,5-9H2. The number of hydrogen-bond acceptors (Lipinski definition) is 3. The minimum Gasteiger partial charge on any atom is -0.340 e. The molecule has 4 rings (SSSR count). The maximum Gasteiger partial charge on any atom is 0.416 e. The average molecular weight is 350 g/mol. The van der Waals surface area contributed by atoms with Gasteiger partial charge in [-0.3, -0.25) is 4.79 Å². The van der Waals surface area contributed by atoms with E-state index in [1.54, 1.807) is 15.9 Å². The van der Waals surface area contributed by atoms with Gasteiger partial charge in [-0.2, -0.15) is 18.3 Å². The summed E-state index contributed by atoms with van der Waals surface area (Å²) in [6, 6.07) is 5.11. The zero-order valence-corrected chi connectivity index (χ0v) is 13.4. The smallest absolute Gasteiger partial charge is 0.340 e. The highest BCUT2D eigenvalue weighted by Gasteiger charge is 2.54. The summed E-state index contributed by atoms with van der Waals surface area (Å²) < 4.78 is 39.9. The predicted octanol–water partition coefficient (Wildman–Crippen LogP) is 2.80. The lowest BCUT2D eigenvalue weighted by Gasteiger charge is -2.24. The minimum atomic E-state index is -4.36. The Morgan fingerprint density at radius 2 is 1.92 bits per heavy atom. The summed E-state index contributed by atoms with van der Waals surface area (Å²) in [6.45, 7) is 1.19. The van der Waals surface area contributed by atoms with Crippen LogP contribution < -0.4 is 0 Å². The quantitative estimate of drug-likeness (QED) is 0.855. The number of nitrogens with zero attached hydrogens (tertiary/aromatic N) is 4. The molecule has 132 valence electrons. The molecule has 1 atom stereocenters. The van der Waals surface area contributed by atoms with Gasteiger partial charge in [0.1, 0.15) is 12.7 Å². The van der Waals surface area contributed by atoms with Gasteiger partial charge in [0, 0.05) is 13.1 Å². The minimum absolute atomic E-state index is 0.00914. The molecular formula is C17H17F3N4O. The Morgan fingerprint density at radius 3 is 2.48 bits per heavy atom. The Bertz CT molecular complexity index is 766. The van der Waals surface area contributed by atoms with Gasteiger partial charge in [0.25, 0.3) is 0 Å². The molecule has 2 aliphatic rings. The second-order valence-corrected chi connectivity index (χ2v) is 6.73. The fourth-order valence-electron chi connectivity index (χ4n) is 3.58. The molecule has 1 amide bonds. The first-order valence-corrected chi connectivity index (χ1v) is 8.21. The van der Waals surface area contributed by atoms with Gasteiger partial charge in [0.15, 0.2) is 0 Å². The van der Waals surface area contributed by atoms with Crippen molar-refractivity contribution < 1.29 is 18.0 Å². The SMILES string of the molecule is O=C(N1CCC(n2cncn2)C1)C1(c2ccc(C(F)(F)F)cc2)CC1. The van der Waals surface area contributed by atoms with Crippen molar-refractivity contribution in [3.8, 4) is 0 Å². The summed E-state index contributed by atoms with van der Waals surface area (Å²) in [7, 11) is 0. The van der Waals surface area contributed by atoms with Gasteiger partial charge >= 0.3 is 6.18 Å². The summed E-state index contributed by atoms with van der Waals surface area (Å²) in [5, 5.41) is 4.12. The second kappa shape index (κ2) is 5.57.